The van der Waals surface area contributed by atoms with Crippen molar-refractivity contribution in [2.45, 2.75) is 18.4 Å². The zero-order valence-electron chi connectivity index (χ0n) is 10.8. The number of H-pyrrole nitrogens is 1. The molecule has 0 saturated carbocycles. The van der Waals surface area contributed by atoms with Gasteiger partial charge in [-0.1, -0.05) is 11.3 Å². The van der Waals surface area contributed by atoms with E-state index in [4.69, 9.17) is 10.7 Å². The van der Waals surface area contributed by atoms with Crippen LogP contribution in [0.2, 0.25) is 0 Å². The van der Waals surface area contributed by atoms with Gasteiger partial charge in [0, 0.05) is 4.90 Å². The third-order valence-electron chi connectivity index (χ3n) is 2.90. The van der Waals surface area contributed by atoms with Crippen LogP contribution in [-0.4, -0.2) is 19.7 Å². The number of benzene rings is 1. The molecule has 0 aliphatic carbocycles. The van der Waals surface area contributed by atoms with Crippen molar-refractivity contribution in [3.05, 3.63) is 49.1 Å². The van der Waals surface area contributed by atoms with Gasteiger partial charge < -0.3 is 4.98 Å². The van der Waals surface area contributed by atoms with E-state index < -0.39 is 5.69 Å². The predicted molar refractivity (Wildman–Crippen MR) is 84.3 cm³/mol. The van der Waals surface area contributed by atoms with Crippen molar-refractivity contribution in [1.82, 2.24) is 19.7 Å². The lowest BCUT2D eigenvalue weighted by molar-refractivity contribution is 0.700. The molecule has 2 aromatic heterocycles. The Hall–Kier alpha value is -1.64. The summed E-state index contributed by atoms with van der Waals surface area (Å²) >= 11 is 1.35. The van der Waals surface area contributed by atoms with Crippen molar-refractivity contribution < 1.29 is 0 Å². The predicted octanol–water partition coefficient (Wildman–Crippen LogP) is 2.14. The van der Waals surface area contributed by atoms with Gasteiger partial charge in [0.05, 0.1) is 17.4 Å². The second kappa shape index (κ2) is 5.63. The van der Waals surface area contributed by atoms with Gasteiger partial charge in [-0.15, -0.1) is 10.2 Å². The zero-order valence-corrected chi connectivity index (χ0v) is 13.2. The van der Waals surface area contributed by atoms with Gasteiger partial charge in [0.15, 0.2) is 0 Å². The minimum Gasteiger partial charge on any atom is -0.307 e. The molecule has 1 N–H and O–H groups in total. The van der Waals surface area contributed by atoms with Crippen molar-refractivity contribution in [3.8, 4) is 0 Å². The molecule has 0 aliphatic rings. The summed E-state index contributed by atoms with van der Waals surface area (Å²) in [7, 11) is 6.72. The standard InChI is InChI=1S/C12H9ClN4O2S2/c1-6-15-16-10(20-6)5-17-11(18)8-4-7(21-13)2-3-9(8)14-12(17)19/h2-4H,5H2,1H3,(H,14,19). The third kappa shape index (κ3) is 2.74. The van der Waals surface area contributed by atoms with Crippen LogP contribution in [0.1, 0.15) is 10.0 Å². The lowest BCUT2D eigenvalue weighted by atomic mass is 10.2. The third-order valence-corrected chi connectivity index (χ3v) is 4.69. The summed E-state index contributed by atoms with van der Waals surface area (Å²) in [6, 6.07) is 5.07. The van der Waals surface area contributed by atoms with E-state index in [9.17, 15) is 9.59 Å². The molecule has 2 heterocycles. The molecule has 21 heavy (non-hydrogen) atoms. The molecule has 108 valence electrons. The normalized spacial score (nSPS) is 11.1. The van der Waals surface area contributed by atoms with E-state index in [-0.39, 0.29) is 12.1 Å². The molecule has 0 saturated heterocycles. The molecule has 0 fully saturated rings. The van der Waals surface area contributed by atoms with Crippen molar-refractivity contribution in [1.29, 1.82) is 0 Å². The number of halogens is 1. The van der Waals surface area contributed by atoms with Crippen molar-refractivity contribution in [2.24, 2.45) is 0 Å². The van der Waals surface area contributed by atoms with Gasteiger partial charge in [-0.05, 0) is 46.8 Å². The SMILES string of the molecule is Cc1nnc(Cn2c(=O)[nH]c3ccc(SCl)cc3c2=O)s1. The molecular weight excluding hydrogens is 332 g/mol. The maximum atomic E-state index is 12.5. The van der Waals surface area contributed by atoms with Crippen LogP contribution in [-0.2, 0) is 6.54 Å². The van der Waals surface area contributed by atoms with Crippen molar-refractivity contribution in [2.75, 3.05) is 0 Å². The maximum absolute atomic E-state index is 12.5. The number of fused-ring (bicyclic) bond motifs is 1. The number of aryl methyl sites for hydroxylation is 1. The highest BCUT2D eigenvalue weighted by Crippen LogP contribution is 2.23. The lowest BCUT2D eigenvalue weighted by Crippen LogP contribution is -2.35. The van der Waals surface area contributed by atoms with Crippen LogP contribution in [0.5, 0.6) is 0 Å². The molecule has 0 unspecified atom stereocenters. The molecule has 0 atom stereocenters. The monoisotopic (exact) mass is 340 g/mol. The molecule has 0 radical (unpaired) electrons. The molecule has 3 rings (SSSR count). The van der Waals surface area contributed by atoms with Gasteiger partial charge in [0.25, 0.3) is 5.56 Å². The van der Waals surface area contributed by atoms with Crippen molar-refractivity contribution >= 4 is 43.9 Å². The number of hydrogen-bond donors (Lipinski definition) is 1. The van der Waals surface area contributed by atoms with Crippen LogP contribution >= 0.6 is 33.0 Å². The molecule has 3 aromatic rings. The number of aromatic nitrogens is 4. The maximum Gasteiger partial charge on any atom is 0.329 e. The average molecular weight is 341 g/mol. The Bertz CT molecular complexity index is 931. The number of aromatic amines is 1. The number of hydrogen-bond acceptors (Lipinski definition) is 6. The minimum absolute atomic E-state index is 0.105. The van der Waals surface area contributed by atoms with Gasteiger partial charge in [-0.2, -0.15) is 0 Å². The Labute approximate surface area is 131 Å². The Kier molecular flexibility index (Phi) is 3.83. The molecule has 0 spiro atoms. The molecule has 0 amide bonds. The smallest absolute Gasteiger partial charge is 0.307 e. The fourth-order valence-electron chi connectivity index (χ4n) is 1.96. The fraction of sp³-hybridized carbons (Fsp3) is 0.167. The van der Waals surface area contributed by atoms with E-state index in [0.717, 1.165) is 25.4 Å². The van der Waals surface area contributed by atoms with Crippen LogP contribution in [0.25, 0.3) is 10.9 Å². The molecule has 0 bridgehead atoms. The summed E-state index contributed by atoms with van der Waals surface area (Å²) in [5.74, 6) is 0. The highest BCUT2D eigenvalue weighted by molar-refractivity contribution is 8.21. The summed E-state index contributed by atoms with van der Waals surface area (Å²) in [6.07, 6.45) is 0. The Morgan fingerprint density at radius 2 is 2.19 bits per heavy atom. The van der Waals surface area contributed by atoms with E-state index in [2.05, 4.69) is 15.2 Å². The van der Waals surface area contributed by atoms with E-state index in [1.807, 2.05) is 6.92 Å². The van der Waals surface area contributed by atoms with Crippen LogP contribution < -0.4 is 11.2 Å². The van der Waals surface area contributed by atoms with Gasteiger partial charge in [0.2, 0.25) is 0 Å². The number of nitrogens with one attached hydrogen (secondary N) is 1. The first kappa shape index (κ1) is 14.3. The second-order valence-corrected chi connectivity index (χ2v) is 6.68. The second-order valence-electron chi connectivity index (χ2n) is 4.32. The minimum atomic E-state index is -0.466. The van der Waals surface area contributed by atoms with E-state index in [1.165, 1.54) is 11.3 Å². The molecular formula is C12H9ClN4O2S2. The van der Waals surface area contributed by atoms with Gasteiger partial charge in [-0.3, -0.25) is 9.36 Å². The number of nitrogens with zero attached hydrogens (tertiary/aromatic N) is 3. The van der Waals surface area contributed by atoms with E-state index >= 15 is 0 Å². The largest absolute Gasteiger partial charge is 0.329 e. The van der Waals surface area contributed by atoms with Gasteiger partial charge in [-0.25, -0.2) is 4.79 Å². The van der Waals surface area contributed by atoms with Gasteiger partial charge in [0.1, 0.15) is 10.0 Å². The summed E-state index contributed by atoms with van der Waals surface area (Å²) in [5, 5.41) is 9.64. The van der Waals surface area contributed by atoms with Gasteiger partial charge >= 0.3 is 5.69 Å². The molecule has 9 heteroatoms. The first-order chi connectivity index (χ1) is 10.1. The fourth-order valence-corrected chi connectivity index (χ4v) is 3.23. The van der Waals surface area contributed by atoms with Crippen molar-refractivity contribution in [3.63, 3.8) is 0 Å². The topological polar surface area (TPSA) is 80.6 Å². The number of rotatable bonds is 3. The Morgan fingerprint density at radius 3 is 2.86 bits per heavy atom. The highest BCUT2D eigenvalue weighted by Gasteiger charge is 2.11. The first-order valence-corrected chi connectivity index (χ1v) is 8.39. The Balaban J connectivity index is 2.18. The van der Waals surface area contributed by atoms with E-state index in [0.29, 0.717) is 15.9 Å². The van der Waals surface area contributed by atoms with Crippen LogP contribution in [0, 0.1) is 6.92 Å². The summed E-state index contributed by atoms with van der Waals surface area (Å²) < 4.78 is 1.12. The average Bonchev–Trinajstić information content (AvgIpc) is 2.88. The van der Waals surface area contributed by atoms with Crippen LogP contribution in [0.4, 0.5) is 0 Å². The molecule has 6 nitrogen and oxygen atoms in total. The molecule has 0 aliphatic heterocycles. The van der Waals surface area contributed by atoms with E-state index in [1.54, 1.807) is 18.2 Å². The summed E-state index contributed by atoms with van der Waals surface area (Å²) in [4.78, 5) is 28.0. The quantitative estimate of drug-likeness (QED) is 0.790. The summed E-state index contributed by atoms with van der Waals surface area (Å²) in [5.41, 5.74) is -0.343. The highest BCUT2D eigenvalue weighted by atomic mass is 35.7. The van der Waals surface area contributed by atoms with Crippen LogP contribution in [0.15, 0.2) is 32.7 Å². The Morgan fingerprint density at radius 1 is 1.38 bits per heavy atom. The molecule has 1 aromatic carbocycles. The zero-order chi connectivity index (χ0) is 15.0. The van der Waals surface area contributed by atoms with Crippen LogP contribution in [0.3, 0.4) is 0 Å². The lowest BCUT2D eigenvalue weighted by Gasteiger charge is -2.05. The summed E-state index contributed by atoms with van der Waals surface area (Å²) in [6.45, 7) is 1.92. The first-order valence-electron chi connectivity index (χ1n) is 5.93.